The van der Waals surface area contributed by atoms with E-state index in [1.807, 2.05) is 0 Å². The predicted molar refractivity (Wildman–Crippen MR) is 64.2 cm³/mol. The van der Waals surface area contributed by atoms with Crippen molar-refractivity contribution in [3.8, 4) is 23.0 Å². The van der Waals surface area contributed by atoms with Gasteiger partial charge in [0.2, 0.25) is 11.5 Å². The SMILES string of the molecule is COc1cc(OC)c2c(c1)OC(=O)C(=C(C)C)O2. The van der Waals surface area contributed by atoms with E-state index in [2.05, 4.69) is 0 Å². The Morgan fingerprint density at radius 2 is 1.83 bits per heavy atom. The summed E-state index contributed by atoms with van der Waals surface area (Å²) in [6, 6.07) is 3.25. The minimum atomic E-state index is -0.516. The van der Waals surface area contributed by atoms with Crippen LogP contribution in [-0.4, -0.2) is 20.2 Å². The molecule has 1 aliphatic rings. The Labute approximate surface area is 105 Å². The summed E-state index contributed by atoms with van der Waals surface area (Å²) in [5, 5.41) is 0. The van der Waals surface area contributed by atoms with Crippen molar-refractivity contribution in [2.75, 3.05) is 14.2 Å². The van der Waals surface area contributed by atoms with Crippen molar-refractivity contribution in [3.05, 3.63) is 23.5 Å². The van der Waals surface area contributed by atoms with E-state index in [1.165, 1.54) is 14.2 Å². The van der Waals surface area contributed by atoms with Crippen LogP contribution in [0.3, 0.4) is 0 Å². The Bertz CT molecular complexity index is 526. The molecule has 18 heavy (non-hydrogen) atoms. The lowest BCUT2D eigenvalue weighted by Crippen LogP contribution is -2.22. The number of hydrogen-bond donors (Lipinski definition) is 0. The maximum absolute atomic E-state index is 11.7. The molecule has 0 radical (unpaired) electrons. The van der Waals surface area contributed by atoms with Gasteiger partial charge in [-0.1, -0.05) is 0 Å². The van der Waals surface area contributed by atoms with Crippen molar-refractivity contribution in [2.45, 2.75) is 13.8 Å². The van der Waals surface area contributed by atoms with Gasteiger partial charge >= 0.3 is 5.97 Å². The zero-order valence-electron chi connectivity index (χ0n) is 10.7. The molecule has 0 aliphatic carbocycles. The van der Waals surface area contributed by atoms with Crippen LogP contribution in [0.4, 0.5) is 0 Å². The van der Waals surface area contributed by atoms with Gasteiger partial charge in [0.05, 0.1) is 14.2 Å². The Morgan fingerprint density at radius 1 is 1.11 bits per heavy atom. The normalized spacial score (nSPS) is 13.3. The molecular weight excluding hydrogens is 236 g/mol. The lowest BCUT2D eigenvalue weighted by Gasteiger charge is -2.22. The molecule has 5 heteroatoms. The number of allylic oxidation sites excluding steroid dienone is 1. The molecule has 2 rings (SSSR count). The van der Waals surface area contributed by atoms with Crippen LogP contribution in [0.5, 0.6) is 23.0 Å². The summed E-state index contributed by atoms with van der Waals surface area (Å²) in [5.74, 6) is 1.33. The lowest BCUT2D eigenvalue weighted by molar-refractivity contribution is -0.134. The van der Waals surface area contributed by atoms with Crippen molar-refractivity contribution in [1.29, 1.82) is 0 Å². The average Bonchev–Trinajstić information content (AvgIpc) is 2.35. The van der Waals surface area contributed by atoms with Crippen molar-refractivity contribution in [2.24, 2.45) is 0 Å². The summed E-state index contributed by atoms with van der Waals surface area (Å²) in [5.41, 5.74) is 0.739. The highest BCUT2D eigenvalue weighted by atomic mass is 16.6. The van der Waals surface area contributed by atoms with Crippen LogP contribution in [0, 0.1) is 0 Å². The quantitative estimate of drug-likeness (QED) is 0.458. The first-order chi connectivity index (χ1) is 8.56. The van der Waals surface area contributed by atoms with E-state index in [0.29, 0.717) is 23.0 Å². The number of fused-ring (bicyclic) bond motifs is 1. The molecular formula is C13H14O5. The molecule has 1 aromatic carbocycles. The Hall–Kier alpha value is -2.17. The number of hydrogen-bond acceptors (Lipinski definition) is 5. The van der Waals surface area contributed by atoms with Crippen molar-refractivity contribution in [1.82, 2.24) is 0 Å². The first-order valence-electron chi connectivity index (χ1n) is 5.40. The lowest BCUT2D eigenvalue weighted by atomic mass is 10.2. The number of methoxy groups -OCH3 is 2. The van der Waals surface area contributed by atoms with Gasteiger partial charge in [-0.25, -0.2) is 4.79 Å². The fraction of sp³-hybridized carbons (Fsp3) is 0.308. The molecule has 0 spiro atoms. The van der Waals surface area contributed by atoms with Gasteiger partial charge in [-0.3, -0.25) is 0 Å². The Balaban J connectivity index is 2.55. The zero-order chi connectivity index (χ0) is 13.3. The fourth-order valence-corrected chi connectivity index (χ4v) is 1.59. The number of esters is 1. The smallest absolute Gasteiger partial charge is 0.379 e. The van der Waals surface area contributed by atoms with Gasteiger partial charge in [0.15, 0.2) is 11.5 Å². The fourth-order valence-electron chi connectivity index (χ4n) is 1.59. The van der Waals surface area contributed by atoms with E-state index >= 15 is 0 Å². The van der Waals surface area contributed by atoms with Crippen molar-refractivity contribution >= 4 is 5.97 Å². The summed E-state index contributed by atoms with van der Waals surface area (Å²) in [6.45, 7) is 3.55. The third kappa shape index (κ3) is 1.99. The van der Waals surface area contributed by atoms with Crippen molar-refractivity contribution < 1.29 is 23.7 Å². The van der Waals surface area contributed by atoms with Gasteiger partial charge in [0.25, 0.3) is 0 Å². The zero-order valence-corrected chi connectivity index (χ0v) is 10.7. The monoisotopic (exact) mass is 250 g/mol. The molecule has 5 nitrogen and oxygen atoms in total. The number of rotatable bonds is 2. The van der Waals surface area contributed by atoms with Gasteiger partial charge in [0, 0.05) is 12.1 Å². The topological polar surface area (TPSA) is 54.0 Å². The highest BCUT2D eigenvalue weighted by molar-refractivity contribution is 5.92. The molecule has 0 saturated carbocycles. The van der Waals surface area contributed by atoms with Crippen LogP contribution < -0.4 is 18.9 Å². The van der Waals surface area contributed by atoms with E-state index in [-0.39, 0.29) is 5.76 Å². The standard InChI is InChI=1S/C13H14O5/c1-7(2)11-13(14)17-10-6-8(15-3)5-9(16-4)12(10)18-11/h5-6H,1-4H3. The second-order valence-electron chi connectivity index (χ2n) is 3.98. The molecule has 0 aromatic heterocycles. The van der Waals surface area contributed by atoms with Crippen LogP contribution in [0.25, 0.3) is 0 Å². The van der Waals surface area contributed by atoms with Gasteiger partial charge in [-0.2, -0.15) is 0 Å². The predicted octanol–water partition coefficient (Wildman–Crippen LogP) is 2.30. The molecule has 1 aliphatic heterocycles. The Morgan fingerprint density at radius 3 is 2.39 bits per heavy atom. The molecule has 0 N–H and O–H groups in total. The third-order valence-corrected chi connectivity index (χ3v) is 2.50. The van der Waals surface area contributed by atoms with E-state index < -0.39 is 5.97 Å². The second kappa shape index (κ2) is 4.60. The molecule has 0 bridgehead atoms. The Kier molecular flexibility index (Phi) is 3.14. The number of carbonyl (C=O) groups excluding carboxylic acids is 1. The summed E-state index contributed by atoms with van der Waals surface area (Å²) >= 11 is 0. The molecule has 1 heterocycles. The third-order valence-electron chi connectivity index (χ3n) is 2.50. The molecule has 0 fully saturated rings. The highest BCUT2D eigenvalue weighted by Gasteiger charge is 2.29. The summed E-state index contributed by atoms with van der Waals surface area (Å²) in [4.78, 5) is 11.7. The first-order valence-corrected chi connectivity index (χ1v) is 5.40. The van der Waals surface area contributed by atoms with Crippen LogP contribution in [0.1, 0.15) is 13.8 Å². The highest BCUT2D eigenvalue weighted by Crippen LogP contribution is 2.44. The molecule has 0 atom stereocenters. The van der Waals surface area contributed by atoms with Gasteiger partial charge in [-0.15, -0.1) is 0 Å². The summed E-state index contributed by atoms with van der Waals surface area (Å²) < 4.78 is 21.1. The van der Waals surface area contributed by atoms with Gasteiger partial charge < -0.3 is 18.9 Å². The second-order valence-corrected chi connectivity index (χ2v) is 3.98. The van der Waals surface area contributed by atoms with E-state index in [1.54, 1.807) is 26.0 Å². The molecule has 0 amide bonds. The number of ether oxygens (including phenoxy) is 4. The van der Waals surface area contributed by atoms with Crippen LogP contribution in [-0.2, 0) is 4.79 Å². The van der Waals surface area contributed by atoms with Crippen LogP contribution in [0.2, 0.25) is 0 Å². The largest absolute Gasteiger partial charge is 0.496 e. The van der Waals surface area contributed by atoms with E-state index in [0.717, 1.165) is 5.57 Å². The van der Waals surface area contributed by atoms with E-state index in [9.17, 15) is 4.79 Å². The minimum Gasteiger partial charge on any atom is -0.496 e. The van der Waals surface area contributed by atoms with Gasteiger partial charge in [-0.05, 0) is 19.4 Å². The minimum absolute atomic E-state index is 0.186. The van der Waals surface area contributed by atoms with Crippen molar-refractivity contribution in [3.63, 3.8) is 0 Å². The maximum Gasteiger partial charge on any atom is 0.379 e. The maximum atomic E-state index is 11.7. The molecule has 1 aromatic rings. The number of benzene rings is 1. The van der Waals surface area contributed by atoms with Crippen LogP contribution in [0.15, 0.2) is 23.5 Å². The molecule has 0 saturated heterocycles. The van der Waals surface area contributed by atoms with Crippen LogP contribution >= 0.6 is 0 Å². The molecule has 96 valence electrons. The van der Waals surface area contributed by atoms with E-state index in [4.69, 9.17) is 18.9 Å². The average molecular weight is 250 g/mol. The number of carbonyl (C=O) groups is 1. The summed E-state index contributed by atoms with van der Waals surface area (Å²) in [6.07, 6.45) is 0. The van der Waals surface area contributed by atoms with Gasteiger partial charge in [0.1, 0.15) is 5.75 Å². The first kappa shape index (κ1) is 12.3. The summed E-state index contributed by atoms with van der Waals surface area (Å²) in [7, 11) is 3.03. The molecule has 0 unspecified atom stereocenters.